The van der Waals surface area contributed by atoms with E-state index in [0.29, 0.717) is 19.3 Å². The van der Waals surface area contributed by atoms with Crippen LogP contribution in [0.4, 0.5) is 0 Å². The van der Waals surface area contributed by atoms with Gasteiger partial charge in [0.05, 0.1) is 18.3 Å². The molecule has 0 amide bonds. The van der Waals surface area contributed by atoms with Gasteiger partial charge in [-0.2, -0.15) is 0 Å². The van der Waals surface area contributed by atoms with Gasteiger partial charge in [0.1, 0.15) is 5.41 Å². The van der Waals surface area contributed by atoms with Crippen molar-refractivity contribution in [1.82, 2.24) is 0 Å². The van der Waals surface area contributed by atoms with Crippen molar-refractivity contribution in [1.29, 1.82) is 0 Å². The largest absolute Gasteiger partial charge is 0.468 e. The lowest BCUT2D eigenvalue weighted by molar-refractivity contribution is -0.165. The SMILES string of the molecule is CC[Si](CC)(CC)OC(C)(C)CCC[C@H]1C[C@@](CC=C(C)C)(C(=O)OC)C(=O)C[C@]1(C)CCCC(C)(C)OC. The van der Waals surface area contributed by atoms with Crippen LogP contribution in [0.3, 0.4) is 0 Å². The van der Waals surface area contributed by atoms with Crippen molar-refractivity contribution in [2.45, 2.75) is 156 Å². The molecule has 3 atom stereocenters. The molecular weight excluding hydrogens is 504 g/mol. The first kappa shape index (κ1) is 36.0. The molecule has 228 valence electrons. The Morgan fingerprint density at radius 3 is 2.05 bits per heavy atom. The molecule has 0 unspecified atom stereocenters. The second-order valence-electron chi connectivity index (χ2n) is 14.0. The predicted molar refractivity (Wildman–Crippen MR) is 165 cm³/mol. The second-order valence-corrected chi connectivity index (χ2v) is 18.7. The third-order valence-electron chi connectivity index (χ3n) is 9.95. The van der Waals surface area contributed by atoms with E-state index in [1.54, 1.807) is 7.11 Å². The maximum atomic E-state index is 13.8. The summed E-state index contributed by atoms with van der Waals surface area (Å²) in [5, 5.41) is 0. The summed E-state index contributed by atoms with van der Waals surface area (Å²) in [6.45, 7) is 21.9. The summed E-state index contributed by atoms with van der Waals surface area (Å²) < 4.78 is 17.8. The van der Waals surface area contributed by atoms with E-state index < -0.39 is 13.7 Å². The fourth-order valence-electron chi connectivity index (χ4n) is 6.65. The van der Waals surface area contributed by atoms with Crippen molar-refractivity contribution >= 4 is 20.1 Å². The van der Waals surface area contributed by atoms with Gasteiger partial charge in [0.2, 0.25) is 0 Å². The normalized spacial score (nSPS) is 24.5. The van der Waals surface area contributed by atoms with Gasteiger partial charge in [-0.25, -0.2) is 0 Å². The molecule has 5 nitrogen and oxygen atoms in total. The topological polar surface area (TPSA) is 61.8 Å². The molecule has 1 rings (SSSR count). The smallest absolute Gasteiger partial charge is 0.319 e. The van der Waals surface area contributed by atoms with Gasteiger partial charge < -0.3 is 13.9 Å². The molecule has 0 saturated heterocycles. The van der Waals surface area contributed by atoms with Crippen LogP contribution in [-0.2, 0) is 23.5 Å². The van der Waals surface area contributed by atoms with Crippen molar-refractivity contribution in [2.75, 3.05) is 14.2 Å². The summed E-state index contributed by atoms with van der Waals surface area (Å²) in [6.07, 6.45) is 9.33. The fourth-order valence-corrected chi connectivity index (χ4v) is 9.86. The van der Waals surface area contributed by atoms with E-state index >= 15 is 0 Å². The molecule has 1 aliphatic carbocycles. The summed E-state index contributed by atoms with van der Waals surface area (Å²) in [7, 11) is 1.47. The van der Waals surface area contributed by atoms with Crippen LogP contribution in [0.5, 0.6) is 0 Å². The number of esters is 1. The molecule has 1 fully saturated rings. The molecule has 0 aromatic heterocycles. The van der Waals surface area contributed by atoms with Crippen molar-refractivity contribution in [2.24, 2.45) is 16.7 Å². The third kappa shape index (κ3) is 9.81. The average molecular weight is 567 g/mol. The van der Waals surface area contributed by atoms with Gasteiger partial charge >= 0.3 is 5.97 Å². The minimum absolute atomic E-state index is 0.0462. The Hall–Kier alpha value is -0.983. The first-order chi connectivity index (χ1) is 18.0. The molecule has 39 heavy (non-hydrogen) atoms. The van der Waals surface area contributed by atoms with Gasteiger partial charge in [-0.1, -0.05) is 52.2 Å². The summed E-state index contributed by atoms with van der Waals surface area (Å²) in [6, 6.07) is 3.45. The Bertz CT molecular complexity index is 816. The predicted octanol–water partition coefficient (Wildman–Crippen LogP) is 9.05. The minimum atomic E-state index is -1.71. The molecule has 0 radical (unpaired) electrons. The van der Waals surface area contributed by atoms with Gasteiger partial charge in [0.25, 0.3) is 0 Å². The molecule has 0 aromatic carbocycles. The van der Waals surface area contributed by atoms with Gasteiger partial charge in [0, 0.05) is 13.5 Å². The van der Waals surface area contributed by atoms with Gasteiger partial charge in [0.15, 0.2) is 14.1 Å². The Kier molecular flexibility index (Phi) is 13.7. The zero-order chi connectivity index (χ0) is 30.1. The highest BCUT2D eigenvalue weighted by Gasteiger charge is 2.55. The molecule has 0 spiro atoms. The van der Waals surface area contributed by atoms with E-state index in [1.807, 2.05) is 19.9 Å². The Morgan fingerprint density at radius 1 is 1.00 bits per heavy atom. The van der Waals surface area contributed by atoms with Crippen LogP contribution in [0.1, 0.15) is 127 Å². The summed E-state index contributed by atoms with van der Waals surface area (Å²) >= 11 is 0. The van der Waals surface area contributed by atoms with E-state index in [9.17, 15) is 9.59 Å². The van der Waals surface area contributed by atoms with E-state index in [4.69, 9.17) is 13.9 Å². The van der Waals surface area contributed by atoms with Crippen LogP contribution in [0.2, 0.25) is 18.1 Å². The van der Waals surface area contributed by atoms with Crippen LogP contribution >= 0.6 is 0 Å². The molecule has 0 aromatic rings. The van der Waals surface area contributed by atoms with Crippen LogP contribution < -0.4 is 0 Å². The van der Waals surface area contributed by atoms with Crippen LogP contribution in [0, 0.1) is 16.7 Å². The first-order valence-corrected chi connectivity index (χ1v) is 18.0. The monoisotopic (exact) mass is 566 g/mol. The number of Topliss-reactive ketones (excluding diaryl/α,β-unsaturated/α-hetero) is 1. The number of ketones is 1. The van der Waals surface area contributed by atoms with Crippen molar-refractivity contribution < 1.29 is 23.5 Å². The van der Waals surface area contributed by atoms with Crippen LogP contribution in [-0.4, -0.2) is 45.5 Å². The highest BCUT2D eigenvalue weighted by molar-refractivity contribution is 6.73. The maximum Gasteiger partial charge on any atom is 0.319 e. The molecule has 1 saturated carbocycles. The number of ether oxygens (including phenoxy) is 2. The number of allylic oxidation sites excluding steroid dienone is 2. The lowest BCUT2D eigenvalue weighted by Gasteiger charge is -2.48. The van der Waals surface area contributed by atoms with Crippen LogP contribution in [0.15, 0.2) is 11.6 Å². The molecule has 0 heterocycles. The summed E-state index contributed by atoms with van der Waals surface area (Å²) in [5.41, 5.74) is -0.461. The number of carbonyl (C=O) groups is 2. The zero-order valence-corrected chi connectivity index (χ0v) is 28.7. The number of methoxy groups -OCH3 is 2. The molecule has 0 bridgehead atoms. The molecule has 6 heteroatoms. The van der Waals surface area contributed by atoms with Gasteiger partial charge in [-0.3, -0.25) is 9.59 Å². The zero-order valence-electron chi connectivity index (χ0n) is 27.7. The average Bonchev–Trinajstić information content (AvgIpc) is 2.87. The van der Waals surface area contributed by atoms with E-state index in [-0.39, 0.29) is 34.3 Å². The first-order valence-electron chi connectivity index (χ1n) is 15.5. The lowest BCUT2D eigenvalue weighted by atomic mass is 9.54. The lowest BCUT2D eigenvalue weighted by Crippen LogP contribution is -2.51. The van der Waals surface area contributed by atoms with E-state index in [0.717, 1.165) is 62.2 Å². The number of hydrogen-bond acceptors (Lipinski definition) is 5. The Morgan fingerprint density at radius 2 is 1.56 bits per heavy atom. The molecule has 0 aliphatic heterocycles. The second kappa shape index (κ2) is 14.8. The van der Waals surface area contributed by atoms with E-state index in [2.05, 4.69) is 55.4 Å². The molecular formula is C33H62O5Si. The highest BCUT2D eigenvalue weighted by atomic mass is 28.4. The Balaban J connectivity index is 3.24. The highest BCUT2D eigenvalue weighted by Crippen LogP contribution is 2.54. The molecule has 1 aliphatic rings. The standard InChI is InChI=1S/C33H62O5Si/c1-13-39(14-2,15-3)38-31(8,9)20-16-18-27-24-33(29(35)36-11,23-19-26(4)5)28(34)25-32(27,10)22-17-21-30(6,7)37-12/h19,27H,13-18,20-25H2,1-12H3/t27-,32-,33+/m0/s1. The van der Waals surface area contributed by atoms with Crippen molar-refractivity contribution in [3.8, 4) is 0 Å². The fraction of sp³-hybridized carbons (Fsp3) is 0.879. The number of carbonyl (C=O) groups excluding carboxylic acids is 2. The number of rotatable bonds is 17. The maximum absolute atomic E-state index is 13.8. The number of hydrogen-bond donors (Lipinski definition) is 0. The third-order valence-corrected chi connectivity index (χ3v) is 14.8. The molecule has 0 N–H and O–H groups in total. The summed E-state index contributed by atoms with van der Waals surface area (Å²) in [4.78, 5) is 27.1. The Labute approximate surface area is 242 Å². The quantitative estimate of drug-likeness (QED) is 0.0760. The van der Waals surface area contributed by atoms with Gasteiger partial charge in [-0.15, -0.1) is 0 Å². The van der Waals surface area contributed by atoms with E-state index in [1.165, 1.54) is 7.11 Å². The minimum Gasteiger partial charge on any atom is -0.468 e. The van der Waals surface area contributed by atoms with Crippen LogP contribution in [0.25, 0.3) is 0 Å². The van der Waals surface area contributed by atoms with Gasteiger partial charge in [-0.05, 0) is 110 Å². The van der Waals surface area contributed by atoms with Crippen molar-refractivity contribution in [3.05, 3.63) is 11.6 Å². The van der Waals surface area contributed by atoms with Crippen molar-refractivity contribution in [3.63, 3.8) is 0 Å². The summed E-state index contributed by atoms with van der Waals surface area (Å²) in [5.74, 6) is -0.0671.